The Hall–Kier alpha value is -3.41. The molecule has 0 unspecified atom stereocenters. The molecular formula is C26H30N4O2. The topological polar surface area (TPSA) is 58.4 Å². The Labute approximate surface area is 189 Å². The van der Waals surface area contributed by atoms with Crippen LogP contribution in [0.5, 0.6) is 0 Å². The molecule has 0 spiro atoms. The number of carbonyl (C=O) groups is 2. The van der Waals surface area contributed by atoms with Crippen LogP contribution in [0.2, 0.25) is 0 Å². The van der Waals surface area contributed by atoms with E-state index in [0.29, 0.717) is 38.4 Å². The van der Waals surface area contributed by atoms with Gasteiger partial charge in [0, 0.05) is 45.6 Å². The number of nitrogens with zero attached hydrogens (tertiary/aromatic N) is 4. The van der Waals surface area contributed by atoms with Crippen LogP contribution in [0.15, 0.2) is 67.0 Å². The van der Waals surface area contributed by atoms with Crippen molar-refractivity contribution in [3.8, 4) is 11.1 Å². The van der Waals surface area contributed by atoms with Gasteiger partial charge in [0.05, 0.1) is 5.92 Å². The molecule has 1 aliphatic rings. The van der Waals surface area contributed by atoms with Gasteiger partial charge in [-0.2, -0.15) is 0 Å². The molecule has 1 atom stereocenters. The number of rotatable bonds is 6. The highest BCUT2D eigenvalue weighted by Crippen LogP contribution is 2.23. The van der Waals surface area contributed by atoms with Crippen molar-refractivity contribution in [1.82, 2.24) is 19.4 Å². The van der Waals surface area contributed by atoms with Gasteiger partial charge in [0.15, 0.2) is 5.82 Å². The zero-order valence-electron chi connectivity index (χ0n) is 18.8. The van der Waals surface area contributed by atoms with Crippen molar-refractivity contribution < 1.29 is 9.59 Å². The zero-order valence-corrected chi connectivity index (χ0v) is 18.8. The van der Waals surface area contributed by atoms with Gasteiger partial charge in [-0.15, -0.1) is 0 Å². The Kier molecular flexibility index (Phi) is 6.69. The smallest absolute Gasteiger partial charge is 0.289 e. The van der Waals surface area contributed by atoms with E-state index in [-0.39, 0.29) is 17.7 Å². The minimum atomic E-state index is -0.278. The number of benzene rings is 2. The average molecular weight is 431 g/mol. The van der Waals surface area contributed by atoms with Crippen LogP contribution in [0.3, 0.4) is 0 Å². The third kappa shape index (κ3) is 4.74. The second-order valence-corrected chi connectivity index (χ2v) is 8.41. The van der Waals surface area contributed by atoms with Gasteiger partial charge < -0.3 is 14.4 Å². The minimum Gasteiger partial charge on any atom is -0.341 e. The van der Waals surface area contributed by atoms with E-state index in [1.54, 1.807) is 21.9 Å². The van der Waals surface area contributed by atoms with Crippen LogP contribution in [-0.2, 0) is 18.3 Å². The van der Waals surface area contributed by atoms with E-state index in [0.717, 1.165) is 23.1 Å². The highest BCUT2D eigenvalue weighted by atomic mass is 16.2. The fourth-order valence-electron chi connectivity index (χ4n) is 4.38. The summed E-state index contributed by atoms with van der Waals surface area (Å²) < 4.78 is 1.73. The summed E-state index contributed by atoms with van der Waals surface area (Å²) in [5.41, 5.74) is 3.39. The predicted molar refractivity (Wildman–Crippen MR) is 125 cm³/mol. The van der Waals surface area contributed by atoms with Crippen LogP contribution in [0, 0.1) is 5.92 Å². The van der Waals surface area contributed by atoms with Crippen LogP contribution in [0.4, 0.5) is 0 Å². The second-order valence-electron chi connectivity index (χ2n) is 8.41. The molecule has 0 bridgehead atoms. The number of aromatic nitrogens is 2. The standard InChI is InChI=1S/C26H30N4O2/c1-3-13-29-15-16-30(26(32)24-27-12-14-28(24)2)19-23(25(29)31)18-20-8-7-11-22(17-20)21-9-5-4-6-10-21/h4-12,14,17,23H,3,13,15-16,18-19H2,1-2H3/t23-/m0/s1. The number of imidazole rings is 1. The van der Waals surface area contributed by atoms with E-state index in [1.807, 2.05) is 36.2 Å². The minimum absolute atomic E-state index is 0.119. The van der Waals surface area contributed by atoms with Crippen molar-refractivity contribution in [3.05, 3.63) is 78.4 Å². The molecule has 32 heavy (non-hydrogen) atoms. The third-order valence-corrected chi connectivity index (χ3v) is 6.05. The molecule has 0 aliphatic carbocycles. The van der Waals surface area contributed by atoms with Crippen molar-refractivity contribution in [2.75, 3.05) is 26.2 Å². The molecular weight excluding hydrogens is 400 g/mol. The van der Waals surface area contributed by atoms with Crippen LogP contribution < -0.4 is 0 Å². The first-order valence-electron chi connectivity index (χ1n) is 11.3. The maximum absolute atomic E-state index is 13.4. The summed E-state index contributed by atoms with van der Waals surface area (Å²) in [4.78, 5) is 34.5. The first kappa shape index (κ1) is 21.8. The maximum atomic E-state index is 13.4. The normalized spacial score (nSPS) is 16.8. The largest absolute Gasteiger partial charge is 0.341 e. The molecule has 0 radical (unpaired) electrons. The van der Waals surface area contributed by atoms with Crippen LogP contribution in [0.25, 0.3) is 11.1 Å². The summed E-state index contributed by atoms with van der Waals surface area (Å²) in [7, 11) is 1.82. The maximum Gasteiger partial charge on any atom is 0.289 e. The molecule has 0 saturated carbocycles. The van der Waals surface area contributed by atoms with Crippen LogP contribution >= 0.6 is 0 Å². The van der Waals surface area contributed by atoms with Gasteiger partial charge in [-0.05, 0) is 29.5 Å². The molecule has 2 heterocycles. The van der Waals surface area contributed by atoms with Gasteiger partial charge in [-0.3, -0.25) is 9.59 Å². The average Bonchev–Trinajstić information content (AvgIpc) is 3.19. The highest BCUT2D eigenvalue weighted by Gasteiger charge is 2.33. The van der Waals surface area contributed by atoms with Gasteiger partial charge in [-0.25, -0.2) is 4.98 Å². The zero-order chi connectivity index (χ0) is 22.5. The SMILES string of the molecule is CCCN1CCN(C(=O)c2nccn2C)C[C@H](Cc2cccc(-c3ccccc3)c2)C1=O. The number of hydrogen-bond acceptors (Lipinski definition) is 3. The van der Waals surface area contributed by atoms with Crippen LogP contribution in [0.1, 0.15) is 29.5 Å². The lowest BCUT2D eigenvalue weighted by Gasteiger charge is -2.24. The lowest BCUT2D eigenvalue weighted by molar-refractivity contribution is -0.134. The molecule has 1 fully saturated rings. The third-order valence-electron chi connectivity index (χ3n) is 6.05. The van der Waals surface area contributed by atoms with Crippen molar-refractivity contribution >= 4 is 11.8 Å². The van der Waals surface area contributed by atoms with E-state index < -0.39 is 0 Å². The first-order chi connectivity index (χ1) is 15.6. The van der Waals surface area contributed by atoms with Gasteiger partial charge in [0.2, 0.25) is 5.91 Å². The first-order valence-corrected chi connectivity index (χ1v) is 11.3. The number of aryl methyl sites for hydroxylation is 1. The summed E-state index contributed by atoms with van der Waals surface area (Å²) in [5, 5.41) is 0. The Bertz CT molecular complexity index is 1080. The predicted octanol–water partition coefficient (Wildman–Crippen LogP) is 3.64. The summed E-state index contributed by atoms with van der Waals surface area (Å²) in [6.07, 6.45) is 4.90. The van der Waals surface area contributed by atoms with Gasteiger partial charge in [0.1, 0.15) is 0 Å². The van der Waals surface area contributed by atoms with Crippen molar-refractivity contribution in [1.29, 1.82) is 0 Å². The molecule has 4 rings (SSSR count). The Morgan fingerprint density at radius 2 is 1.84 bits per heavy atom. The Morgan fingerprint density at radius 1 is 1.06 bits per heavy atom. The van der Waals surface area contributed by atoms with Gasteiger partial charge >= 0.3 is 0 Å². The molecule has 1 saturated heterocycles. The monoisotopic (exact) mass is 430 g/mol. The molecule has 1 aromatic heterocycles. The lowest BCUT2D eigenvalue weighted by Crippen LogP contribution is -2.38. The van der Waals surface area contributed by atoms with Crippen molar-refractivity contribution in [2.45, 2.75) is 19.8 Å². The molecule has 3 aromatic rings. The molecule has 166 valence electrons. The summed E-state index contributed by atoms with van der Waals surface area (Å²) in [6, 6.07) is 18.6. The summed E-state index contributed by atoms with van der Waals surface area (Å²) in [5.74, 6) is 0.143. The molecule has 0 N–H and O–H groups in total. The second kappa shape index (κ2) is 9.81. The Morgan fingerprint density at radius 3 is 2.56 bits per heavy atom. The van der Waals surface area contributed by atoms with Crippen LogP contribution in [-0.4, -0.2) is 57.3 Å². The fraction of sp³-hybridized carbons (Fsp3) is 0.346. The molecule has 1 aliphatic heterocycles. The van der Waals surface area contributed by atoms with Crippen molar-refractivity contribution in [3.63, 3.8) is 0 Å². The summed E-state index contributed by atoms with van der Waals surface area (Å²) in [6.45, 7) is 4.28. The molecule has 2 amide bonds. The van der Waals surface area contributed by atoms with E-state index in [1.165, 1.54) is 0 Å². The quantitative estimate of drug-likeness (QED) is 0.600. The highest BCUT2D eigenvalue weighted by molar-refractivity contribution is 5.91. The lowest BCUT2D eigenvalue weighted by atomic mass is 9.94. The fourth-order valence-corrected chi connectivity index (χ4v) is 4.38. The number of carbonyl (C=O) groups excluding carboxylic acids is 2. The molecule has 2 aromatic carbocycles. The van der Waals surface area contributed by atoms with Gasteiger partial charge in [0.25, 0.3) is 5.91 Å². The van der Waals surface area contributed by atoms with E-state index in [4.69, 9.17) is 0 Å². The van der Waals surface area contributed by atoms with E-state index in [9.17, 15) is 9.59 Å². The van der Waals surface area contributed by atoms with E-state index in [2.05, 4.69) is 42.2 Å². The molecule has 6 nitrogen and oxygen atoms in total. The Balaban J connectivity index is 1.59. The van der Waals surface area contributed by atoms with Crippen molar-refractivity contribution in [2.24, 2.45) is 13.0 Å². The molecule has 6 heteroatoms. The van der Waals surface area contributed by atoms with Gasteiger partial charge in [-0.1, -0.05) is 61.5 Å². The number of hydrogen-bond donors (Lipinski definition) is 0. The summed E-state index contributed by atoms with van der Waals surface area (Å²) >= 11 is 0. The number of amides is 2. The van der Waals surface area contributed by atoms with E-state index >= 15 is 0 Å².